The van der Waals surface area contributed by atoms with Gasteiger partial charge in [-0.2, -0.15) is 5.26 Å². The van der Waals surface area contributed by atoms with Gasteiger partial charge in [-0.3, -0.25) is 4.79 Å². The normalized spacial score (nSPS) is 9.83. The molecule has 0 saturated carbocycles. The molecule has 0 unspecified atom stereocenters. The number of anilines is 1. The Hall–Kier alpha value is -2.68. The lowest BCUT2D eigenvalue weighted by atomic mass is 10.1. The first-order valence-electron chi connectivity index (χ1n) is 5.04. The highest BCUT2D eigenvalue weighted by Gasteiger charge is 2.14. The molecule has 0 spiro atoms. The maximum absolute atomic E-state index is 12.9. The highest BCUT2D eigenvalue weighted by Crippen LogP contribution is 2.17. The summed E-state index contributed by atoms with van der Waals surface area (Å²) in [4.78, 5) is 11.8. The van der Waals surface area contributed by atoms with Gasteiger partial charge in [0.15, 0.2) is 0 Å². The summed E-state index contributed by atoms with van der Waals surface area (Å²) in [6.07, 6.45) is 1.28. The Morgan fingerprint density at radius 3 is 2.94 bits per heavy atom. The Morgan fingerprint density at radius 2 is 2.33 bits per heavy atom. The molecule has 2 aromatic rings. The first-order valence-corrected chi connectivity index (χ1v) is 5.04. The van der Waals surface area contributed by atoms with Crippen LogP contribution in [0.3, 0.4) is 0 Å². The fourth-order valence-electron chi connectivity index (χ4n) is 1.42. The highest BCUT2D eigenvalue weighted by atomic mass is 19.1. The lowest BCUT2D eigenvalue weighted by Crippen LogP contribution is -2.13. The summed E-state index contributed by atoms with van der Waals surface area (Å²) in [5, 5.41) is 14.8. The fraction of sp³-hybridized carbons (Fsp3) is 0.0833. The van der Waals surface area contributed by atoms with Gasteiger partial charge in [-0.1, -0.05) is 5.16 Å². The van der Waals surface area contributed by atoms with Crippen molar-refractivity contribution in [3.8, 4) is 6.07 Å². The van der Waals surface area contributed by atoms with E-state index in [1.165, 1.54) is 12.3 Å². The number of aromatic nitrogens is 1. The van der Waals surface area contributed by atoms with E-state index in [0.717, 1.165) is 12.1 Å². The van der Waals surface area contributed by atoms with Crippen molar-refractivity contribution in [1.29, 1.82) is 5.26 Å². The summed E-state index contributed by atoms with van der Waals surface area (Å²) >= 11 is 0. The van der Waals surface area contributed by atoms with E-state index in [4.69, 9.17) is 9.78 Å². The molecule has 1 heterocycles. The quantitative estimate of drug-likeness (QED) is 0.879. The average molecular weight is 245 g/mol. The van der Waals surface area contributed by atoms with E-state index in [0.29, 0.717) is 5.76 Å². The summed E-state index contributed by atoms with van der Waals surface area (Å²) in [6, 6.07) is 5.35. The third-order valence-corrected chi connectivity index (χ3v) is 2.35. The van der Waals surface area contributed by atoms with Gasteiger partial charge in [0.25, 0.3) is 5.91 Å². The third kappa shape index (κ3) is 2.20. The molecule has 2 rings (SSSR count). The van der Waals surface area contributed by atoms with Crippen LogP contribution < -0.4 is 5.32 Å². The summed E-state index contributed by atoms with van der Waals surface area (Å²) in [6.45, 7) is 1.60. The Morgan fingerprint density at radius 1 is 1.56 bits per heavy atom. The predicted octanol–water partition coefficient (Wildman–Crippen LogP) is 2.25. The molecular weight excluding hydrogens is 237 g/mol. The van der Waals surface area contributed by atoms with E-state index in [1.807, 2.05) is 6.07 Å². The number of hydrogen-bond acceptors (Lipinski definition) is 4. The number of amides is 1. The third-order valence-electron chi connectivity index (χ3n) is 2.35. The second-order valence-electron chi connectivity index (χ2n) is 3.55. The minimum Gasteiger partial charge on any atom is -0.361 e. The van der Waals surface area contributed by atoms with Gasteiger partial charge in [0, 0.05) is 0 Å². The standard InChI is InChI=1S/C12H8FN3O2/c1-7-10(6-15-18-7)12(17)16-11-3-2-9(13)4-8(11)5-14/h2-4,6H,1H3,(H,16,17). The lowest BCUT2D eigenvalue weighted by Gasteiger charge is -2.05. The molecule has 0 radical (unpaired) electrons. The Bertz CT molecular complexity index is 643. The van der Waals surface area contributed by atoms with E-state index in [-0.39, 0.29) is 16.8 Å². The van der Waals surface area contributed by atoms with Gasteiger partial charge in [-0.05, 0) is 25.1 Å². The van der Waals surface area contributed by atoms with E-state index >= 15 is 0 Å². The zero-order valence-electron chi connectivity index (χ0n) is 9.40. The van der Waals surface area contributed by atoms with E-state index in [2.05, 4.69) is 10.5 Å². The van der Waals surface area contributed by atoms with Crippen LogP contribution in [0.1, 0.15) is 21.7 Å². The molecule has 1 amide bonds. The lowest BCUT2D eigenvalue weighted by molar-refractivity contribution is 0.102. The molecule has 1 N–H and O–H groups in total. The number of halogens is 1. The minimum atomic E-state index is -0.536. The highest BCUT2D eigenvalue weighted by molar-refractivity contribution is 6.05. The largest absolute Gasteiger partial charge is 0.361 e. The number of rotatable bonds is 2. The first kappa shape index (κ1) is 11.8. The SMILES string of the molecule is Cc1oncc1C(=O)Nc1ccc(F)cc1C#N. The van der Waals surface area contributed by atoms with E-state index in [1.54, 1.807) is 6.92 Å². The summed E-state index contributed by atoms with van der Waals surface area (Å²) in [5.41, 5.74) is 0.560. The summed E-state index contributed by atoms with van der Waals surface area (Å²) in [5.74, 6) is -0.629. The van der Waals surface area contributed by atoms with Crippen LogP contribution in [0.15, 0.2) is 28.9 Å². The molecular formula is C12H8FN3O2. The van der Waals surface area contributed by atoms with E-state index < -0.39 is 11.7 Å². The number of aryl methyl sites for hydroxylation is 1. The molecule has 0 aliphatic rings. The molecule has 1 aromatic carbocycles. The van der Waals surface area contributed by atoms with Crippen LogP contribution in [0.25, 0.3) is 0 Å². The van der Waals surface area contributed by atoms with Crippen molar-refractivity contribution in [1.82, 2.24) is 5.16 Å². The predicted molar refractivity (Wildman–Crippen MR) is 60.3 cm³/mol. The summed E-state index contributed by atoms with van der Waals surface area (Å²) < 4.78 is 17.7. The van der Waals surface area contributed by atoms with Crippen LogP contribution >= 0.6 is 0 Å². The van der Waals surface area contributed by atoms with Crippen LogP contribution in [-0.4, -0.2) is 11.1 Å². The van der Waals surface area contributed by atoms with Crippen molar-refractivity contribution >= 4 is 11.6 Å². The number of benzene rings is 1. The molecule has 0 bridgehead atoms. The average Bonchev–Trinajstić information content (AvgIpc) is 2.77. The van der Waals surface area contributed by atoms with Crippen LogP contribution in [0.2, 0.25) is 0 Å². The zero-order valence-corrected chi connectivity index (χ0v) is 9.40. The van der Waals surface area contributed by atoms with Crippen molar-refractivity contribution in [2.24, 2.45) is 0 Å². The smallest absolute Gasteiger partial charge is 0.260 e. The van der Waals surface area contributed by atoms with Crippen molar-refractivity contribution in [3.05, 3.63) is 47.1 Å². The second kappa shape index (κ2) is 4.67. The van der Waals surface area contributed by atoms with Gasteiger partial charge in [0.2, 0.25) is 0 Å². The molecule has 0 fully saturated rings. The van der Waals surface area contributed by atoms with Crippen LogP contribution in [0.5, 0.6) is 0 Å². The molecule has 5 nitrogen and oxygen atoms in total. The van der Waals surface area contributed by atoms with Gasteiger partial charge >= 0.3 is 0 Å². The molecule has 90 valence electrons. The molecule has 0 saturated heterocycles. The molecule has 0 aliphatic heterocycles. The van der Waals surface area contributed by atoms with Crippen LogP contribution in [0, 0.1) is 24.1 Å². The molecule has 6 heteroatoms. The van der Waals surface area contributed by atoms with Crippen LogP contribution in [-0.2, 0) is 0 Å². The number of carbonyl (C=O) groups is 1. The van der Waals surface area contributed by atoms with Crippen molar-refractivity contribution in [3.63, 3.8) is 0 Å². The number of carbonyl (C=O) groups excluding carboxylic acids is 1. The topological polar surface area (TPSA) is 78.9 Å². The Kier molecular flexibility index (Phi) is 3.06. The van der Waals surface area contributed by atoms with E-state index in [9.17, 15) is 9.18 Å². The van der Waals surface area contributed by atoms with Crippen LogP contribution in [0.4, 0.5) is 10.1 Å². The van der Waals surface area contributed by atoms with Crippen molar-refractivity contribution < 1.29 is 13.7 Å². The number of nitrogens with one attached hydrogen (secondary N) is 1. The van der Waals surface area contributed by atoms with Gasteiger partial charge in [-0.25, -0.2) is 4.39 Å². The molecule has 0 aliphatic carbocycles. The second-order valence-corrected chi connectivity index (χ2v) is 3.55. The molecule has 18 heavy (non-hydrogen) atoms. The first-order chi connectivity index (χ1) is 8.61. The fourth-order valence-corrected chi connectivity index (χ4v) is 1.42. The Balaban J connectivity index is 2.28. The monoisotopic (exact) mass is 245 g/mol. The maximum atomic E-state index is 12.9. The van der Waals surface area contributed by atoms with Gasteiger partial charge in [0.1, 0.15) is 23.2 Å². The molecule has 1 aromatic heterocycles. The zero-order chi connectivity index (χ0) is 13.1. The van der Waals surface area contributed by atoms with Crippen molar-refractivity contribution in [2.45, 2.75) is 6.92 Å². The van der Waals surface area contributed by atoms with Gasteiger partial charge < -0.3 is 9.84 Å². The van der Waals surface area contributed by atoms with Gasteiger partial charge in [-0.15, -0.1) is 0 Å². The number of nitriles is 1. The number of nitrogens with zero attached hydrogens (tertiary/aromatic N) is 2. The summed E-state index contributed by atoms with van der Waals surface area (Å²) in [7, 11) is 0. The minimum absolute atomic E-state index is 0.0532. The Labute approximate surface area is 102 Å². The number of hydrogen-bond donors (Lipinski definition) is 1. The molecule has 0 atom stereocenters. The maximum Gasteiger partial charge on any atom is 0.260 e. The van der Waals surface area contributed by atoms with Gasteiger partial charge in [0.05, 0.1) is 17.4 Å². The van der Waals surface area contributed by atoms with Crippen molar-refractivity contribution in [2.75, 3.05) is 5.32 Å².